The predicted molar refractivity (Wildman–Crippen MR) is 259 cm³/mol. The Hall–Kier alpha value is -7.72. The summed E-state index contributed by atoms with van der Waals surface area (Å²) < 4.78 is 2.60. The summed E-state index contributed by atoms with van der Waals surface area (Å²) in [5.41, 5.74) is 16.8. The monoisotopic (exact) mass is 806 g/mol. The van der Waals surface area contributed by atoms with Crippen molar-refractivity contribution in [2.45, 2.75) is 5.41 Å². The smallest absolute Gasteiger partial charge is 0.160 e. The molecule has 0 bridgehead atoms. The molecule has 62 heavy (non-hydrogen) atoms. The van der Waals surface area contributed by atoms with Gasteiger partial charge in [0.05, 0.1) is 16.8 Å². The number of benzene rings is 9. The third-order valence-corrected chi connectivity index (χ3v) is 13.8. The number of nitrogens with zero attached hydrogens (tertiary/aromatic N) is 2. The molecule has 1 aliphatic rings. The molecule has 0 fully saturated rings. The molecule has 12 rings (SSSR count). The van der Waals surface area contributed by atoms with E-state index in [9.17, 15) is 0 Å². The van der Waals surface area contributed by atoms with E-state index < -0.39 is 5.41 Å². The van der Waals surface area contributed by atoms with Crippen LogP contribution in [0.5, 0.6) is 0 Å². The van der Waals surface area contributed by atoms with Crippen LogP contribution in [0.1, 0.15) is 22.3 Å². The molecule has 3 heteroatoms. The van der Waals surface area contributed by atoms with Crippen LogP contribution in [0.4, 0.5) is 0 Å². The van der Waals surface area contributed by atoms with Crippen molar-refractivity contribution in [1.29, 1.82) is 0 Å². The highest BCUT2D eigenvalue weighted by Gasteiger charge is 2.46. The summed E-state index contributed by atoms with van der Waals surface area (Å²) in [6, 6.07) is 83.5. The Morgan fingerprint density at radius 3 is 1.61 bits per heavy atom. The highest BCUT2D eigenvalue weighted by molar-refractivity contribution is 7.25. The maximum absolute atomic E-state index is 5.26. The Morgan fingerprint density at radius 1 is 0.306 bits per heavy atom. The number of hydrogen-bond acceptors (Lipinski definition) is 3. The molecule has 0 unspecified atom stereocenters. The van der Waals surface area contributed by atoms with Gasteiger partial charge in [0.1, 0.15) is 0 Å². The summed E-state index contributed by atoms with van der Waals surface area (Å²) in [6.45, 7) is 0. The van der Waals surface area contributed by atoms with E-state index in [1.807, 2.05) is 29.5 Å². The molecule has 0 saturated heterocycles. The lowest BCUT2D eigenvalue weighted by Crippen LogP contribution is -2.28. The summed E-state index contributed by atoms with van der Waals surface area (Å²) in [7, 11) is 0. The van der Waals surface area contributed by atoms with Gasteiger partial charge in [-0.15, -0.1) is 11.3 Å². The van der Waals surface area contributed by atoms with Crippen molar-refractivity contribution in [2.24, 2.45) is 0 Å². The summed E-state index contributed by atoms with van der Waals surface area (Å²) >= 11 is 1.84. The second-order valence-electron chi connectivity index (χ2n) is 16.0. The lowest BCUT2D eigenvalue weighted by atomic mass is 9.67. The van der Waals surface area contributed by atoms with Gasteiger partial charge in [-0.1, -0.05) is 200 Å². The maximum atomic E-state index is 5.26. The second-order valence-corrected chi connectivity index (χ2v) is 17.1. The van der Waals surface area contributed by atoms with E-state index in [0.29, 0.717) is 5.82 Å². The summed E-state index contributed by atoms with van der Waals surface area (Å²) in [5.74, 6) is 0.701. The number of thiophene rings is 1. The van der Waals surface area contributed by atoms with E-state index >= 15 is 0 Å². The van der Waals surface area contributed by atoms with Crippen LogP contribution in [0.3, 0.4) is 0 Å². The molecule has 0 aliphatic heterocycles. The van der Waals surface area contributed by atoms with Crippen molar-refractivity contribution in [3.05, 3.63) is 253 Å². The minimum absolute atomic E-state index is 0.449. The molecule has 0 amide bonds. The van der Waals surface area contributed by atoms with Crippen LogP contribution in [-0.4, -0.2) is 9.97 Å². The zero-order valence-electron chi connectivity index (χ0n) is 33.7. The Morgan fingerprint density at radius 2 is 0.855 bits per heavy atom. The fourth-order valence-electron chi connectivity index (χ4n) is 9.76. The summed E-state index contributed by atoms with van der Waals surface area (Å²) in [4.78, 5) is 10.5. The average Bonchev–Trinajstić information content (AvgIpc) is 3.88. The highest BCUT2D eigenvalue weighted by Crippen LogP contribution is 2.56. The van der Waals surface area contributed by atoms with E-state index in [-0.39, 0.29) is 0 Å². The van der Waals surface area contributed by atoms with E-state index in [1.165, 1.54) is 64.7 Å². The molecule has 0 atom stereocenters. The first kappa shape index (κ1) is 36.2. The van der Waals surface area contributed by atoms with Crippen molar-refractivity contribution in [2.75, 3.05) is 0 Å². The second kappa shape index (κ2) is 14.8. The largest absolute Gasteiger partial charge is 0.228 e. The molecule has 0 spiro atoms. The molecule has 0 N–H and O–H groups in total. The number of fused-ring (bicyclic) bond motifs is 6. The third-order valence-electron chi connectivity index (χ3n) is 12.6. The first-order valence-corrected chi connectivity index (χ1v) is 22.0. The van der Waals surface area contributed by atoms with Crippen molar-refractivity contribution in [3.63, 3.8) is 0 Å². The normalized spacial score (nSPS) is 12.6. The number of hydrogen-bond donors (Lipinski definition) is 0. The summed E-state index contributed by atoms with van der Waals surface area (Å²) in [6.07, 6.45) is 0. The van der Waals surface area contributed by atoms with Crippen LogP contribution in [0.25, 0.3) is 87.5 Å². The van der Waals surface area contributed by atoms with Crippen molar-refractivity contribution in [1.82, 2.24) is 9.97 Å². The van der Waals surface area contributed by atoms with Gasteiger partial charge >= 0.3 is 0 Å². The quantitative estimate of drug-likeness (QED) is 0.160. The van der Waals surface area contributed by atoms with Crippen LogP contribution >= 0.6 is 11.3 Å². The van der Waals surface area contributed by atoms with Gasteiger partial charge in [0, 0.05) is 36.9 Å². The number of rotatable bonds is 7. The Balaban J connectivity index is 0.970. The van der Waals surface area contributed by atoms with Gasteiger partial charge in [-0.2, -0.15) is 0 Å². The van der Waals surface area contributed by atoms with Gasteiger partial charge in [0.15, 0.2) is 5.82 Å². The van der Waals surface area contributed by atoms with E-state index in [2.05, 4.69) is 212 Å². The first-order valence-electron chi connectivity index (χ1n) is 21.1. The third kappa shape index (κ3) is 5.85. The molecule has 0 radical (unpaired) electrons. The van der Waals surface area contributed by atoms with Crippen molar-refractivity contribution in [3.8, 4) is 67.3 Å². The molecule has 1 aliphatic carbocycles. The van der Waals surface area contributed by atoms with Gasteiger partial charge in [-0.25, -0.2) is 9.97 Å². The van der Waals surface area contributed by atoms with Crippen LogP contribution in [-0.2, 0) is 5.41 Å². The molecule has 11 aromatic rings. The number of aromatic nitrogens is 2. The van der Waals surface area contributed by atoms with Crippen LogP contribution in [0.15, 0.2) is 231 Å². The zero-order chi connectivity index (χ0) is 41.0. The van der Waals surface area contributed by atoms with Gasteiger partial charge in [-0.05, 0) is 86.0 Å². The van der Waals surface area contributed by atoms with Crippen LogP contribution in [0.2, 0.25) is 0 Å². The molecule has 2 aromatic heterocycles. The molecule has 9 aromatic carbocycles. The van der Waals surface area contributed by atoms with E-state index in [4.69, 9.17) is 9.97 Å². The molecular formula is C59H38N2S. The fraction of sp³-hybridized carbons (Fsp3) is 0.0169. The van der Waals surface area contributed by atoms with Crippen LogP contribution < -0.4 is 0 Å². The Bertz CT molecular complexity index is 3400. The molecule has 2 heterocycles. The van der Waals surface area contributed by atoms with E-state index in [1.54, 1.807) is 0 Å². The first-order chi connectivity index (χ1) is 30.7. The molecule has 290 valence electrons. The topological polar surface area (TPSA) is 25.8 Å². The lowest BCUT2D eigenvalue weighted by Gasteiger charge is -2.34. The summed E-state index contributed by atoms with van der Waals surface area (Å²) in [5, 5.41) is 2.58. The zero-order valence-corrected chi connectivity index (χ0v) is 34.6. The minimum Gasteiger partial charge on any atom is -0.228 e. The van der Waals surface area contributed by atoms with Crippen molar-refractivity contribution >= 4 is 31.5 Å². The predicted octanol–water partition coefficient (Wildman–Crippen LogP) is 15.5. The maximum Gasteiger partial charge on any atom is 0.160 e. The van der Waals surface area contributed by atoms with Gasteiger partial charge in [0.2, 0.25) is 0 Å². The van der Waals surface area contributed by atoms with Gasteiger partial charge in [-0.3, -0.25) is 0 Å². The average molecular weight is 807 g/mol. The Labute approximate surface area is 365 Å². The molecular weight excluding hydrogens is 769 g/mol. The highest BCUT2D eigenvalue weighted by atomic mass is 32.1. The standard InChI is InChI=1S/C59H38N2S/c1-4-16-41(17-5-1)58-60-54(38-55(61-58)49-24-11-10-22-46(49)43-33-35-57-51(36-43)50-25-13-15-27-56(50)62-57)40-30-28-39(29-31-40)42-32-34-48-47-23-12-14-26-52(47)59(53(48)37-42,44-18-6-2-7-19-44)45-20-8-3-9-21-45/h1-38H. The van der Waals surface area contributed by atoms with E-state index in [0.717, 1.165) is 39.2 Å². The Kier molecular flexibility index (Phi) is 8.62. The molecule has 2 nitrogen and oxygen atoms in total. The van der Waals surface area contributed by atoms with Crippen molar-refractivity contribution < 1.29 is 0 Å². The lowest BCUT2D eigenvalue weighted by molar-refractivity contribution is 0.769. The SMILES string of the molecule is c1ccc(-c2nc(-c3ccc(-c4ccc5c(c4)C(c4ccccc4)(c4ccccc4)c4ccccc4-5)cc3)cc(-c3ccccc3-c3ccc4sc5ccccc5c4c3)n2)cc1. The fourth-order valence-corrected chi connectivity index (χ4v) is 10.8. The van der Waals surface area contributed by atoms with Gasteiger partial charge in [0.25, 0.3) is 0 Å². The minimum atomic E-state index is -0.449. The van der Waals surface area contributed by atoms with Gasteiger partial charge < -0.3 is 0 Å². The van der Waals surface area contributed by atoms with Crippen LogP contribution in [0, 0.1) is 0 Å². The molecule has 0 saturated carbocycles.